The SMILES string of the molecule is NC(=S)NC[C@H]1COC(=O)N1c1ccc(N2CCSCC2)c(F)c1. The summed E-state index contributed by atoms with van der Waals surface area (Å²) in [5, 5.41) is 2.97. The second-order valence-electron chi connectivity index (χ2n) is 5.58. The van der Waals surface area contributed by atoms with Gasteiger partial charge in [0, 0.05) is 31.1 Å². The molecule has 3 N–H and O–H groups in total. The highest BCUT2D eigenvalue weighted by Crippen LogP contribution is 2.29. The maximum Gasteiger partial charge on any atom is 0.414 e. The number of rotatable bonds is 4. The largest absolute Gasteiger partial charge is 0.447 e. The van der Waals surface area contributed by atoms with Crippen LogP contribution in [-0.4, -0.2) is 55.0 Å². The Kier molecular flexibility index (Phi) is 5.30. The number of hydrogen-bond acceptors (Lipinski definition) is 5. The summed E-state index contributed by atoms with van der Waals surface area (Å²) in [6.45, 7) is 2.22. The predicted octanol–water partition coefficient (Wildman–Crippen LogP) is 1.54. The molecule has 6 nitrogen and oxygen atoms in total. The molecule has 0 saturated carbocycles. The zero-order valence-corrected chi connectivity index (χ0v) is 14.7. The van der Waals surface area contributed by atoms with Gasteiger partial charge in [-0.1, -0.05) is 0 Å². The molecule has 2 aliphatic heterocycles. The van der Waals surface area contributed by atoms with Crippen molar-refractivity contribution in [3.05, 3.63) is 24.0 Å². The molecule has 0 spiro atoms. The Morgan fingerprint density at radius 1 is 1.46 bits per heavy atom. The molecular formula is C15H19FN4O2S2. The average molecular weight is 370 g/mol. The number of thioether (sulfide) groups is 1. The van der Waals surface area contributed by atoms with Crippen LogP contribution in [0.3, 0.4) is 0 Å². The molecule has 130 valence electrons. The number of halogens is 1. The third kappa shape index (κ3) is 3.67. The number of cyclic esters (lactones) is 1. The van der Waals surface area contributed by atoms with Crippen LogP contribution in [0.2, 0.25) is 0 Å². The number of benzene rings is 1. The molecule has 1 atom stereocenters. The van der Waals surface area contributed by atoms with E-state index in [4.69, 9.17) is 22.7 Å². The summed E-state index contributed by atoms with van der Waals surface area (Å²) in [6, 6.07) is 4.58. The average Bonchev–Trinajstić information content (AvgIpc) is 2.94. The van der Waals surface area contributed by atoms with E-state index in [1.54, 1.807) is 12.1 Å². The molecule has 24 heavy (non-hydrogen) atoms. The lowest BCUT2D eigenvalue weighted by Gasteiger charge is -2.29. The van der Waals surface area contributed by atoms with E-state index in [1.807, 2.05) is 16.7 Å². The van der Waals surface area contributed by atoms with Gasteiger partial charge in [-0.25, -0.2) is 9.18 Å². The number of nitrogens with two attached hydrogens (primary N) is 1. The minimum Gasteiger partial charge on any atom is -0.447 e. The molecule has 0 bridgehead atoms. The van der Waals surface area contributed by atoms with E-state index >= 15 is 0 Å². The molecule has 1 aromatic rings. The first-order valence-electron chi connectivity index (χ1n) is 7.68. The molecule has 2 fully saturated rings. The van der Waals surface area contributed by atoms with Gasteiger partial charge < -0.3 is 20.7 Å². The highest BCUT2D eigenvalue weighted by Gasteiger charge is 2.34. The molecule has 0 unspecified atom stereocenters. The monoisotopic (exact) mass is 370 g/mol. The number of nitrogens with one attached hydrogen (secondary N) is 1. The summed E-state index contributed by atoms with van der Waals surface area (Å²) in [5.74, 6) is 1.65. The van der Waals surface area contributed by atoms with Crippen molar-refractivity contribution in [1.29, 1.82) is 0 Å². The van der Waals surface area contributed by atoms with E-state index in [9.17, 15) is 9.18 Å². The van der Waals surface area contributed by atoms with Crippen molar-refractivity contribution in [3.8, 4) is 0 Å². The Bertz CT molecular complexity index is 640. The molecule has 9 heteroatoms. The molecule has 0 aromatic heterocycles. The van der Waals surface area contributed by atoms with Crippen LogP contribution in [0.15, 0.2) is 18.2 Å². The number of carbonyl (C=O) groups excluding carboxylic acids is 1. The molecule has 0 radical (unpaired) electrons. The zero-order valence-electron chi connectivity index (χ0n) is 13.0. The summed E-state index contributed by atoms with van der Waals surface area (Å²) < 4.78 is 19.7. The van der Waals surface area contributed by atoms with Gasteiger partial charge in [-0.05, 0) is 30.4 Å². The van der Waals surface area contributed by atoms with Crippen LogP contribution in [0.4, 0.5) is 20.6 Å². The van der Waals surface area contributed by atoms with Crippen LogP contribution in [0.1, 0.15) is 0 Å². The van der Waals surface area contributed by atoms with Gasteiger partial charge in [0.25, 0.3) is 0 Å². The molecule has 2 heterocycles. The highest BCUT2D eigenvalue weighted by atomic mass is 32.2. The van der Waals surface area contributed by atoms with E-state index < -0.39 is 6.09 Å². The maximum atomic E-state index is 14.6. The van der Waals surface area contributed by atoms with Crippen LogP contribution in [0, 0.1) is 5.82 Å². The topological polar surface area (TPSA) is 70.8 Å². The van der Waals surface area contributed by atoms with Gasteiger partial charge in [-0.2, -0.15) is 11.8 Å². The third-order valence-corrected chi connectivity index (χ3v) is 5.12. The zero-order chi connectivity index (χ0) is 17.1. The number of amides is 1. The normalized spacial score (nSPS) is 20.9. The van der Waals surface area contributed by atoms with Crippen molar-refractivity contribution in [2.45, 2.75) is 6.04 Å². The molecule has 2 saturated heterocycles. The lowest BCUT2D eigenvalue weighted by molar-refractivity contribution is 0.179. The fraction of sp³-hybridized carbons (Fsp3) is 0.467. The third-order valence-electron chi connectivity index (χ3n) is 4.03. The van der Waals surface area contributed by atoms with Gasteiger partial charge in [-0.15, -0.1) is 0 Å². The molecule has 0 aliphatic carbocycles. The lowest BCUT2D eigenvalue weighted by atomic mass is 10.2. The van der Waals surface area contributed by atoms with Crippen LogP contribution >= 0.6 is 24.0 Å². The van der Waals surface area contributed by atoms with E-state index in [-0.39, 0.29) is 23.6 Å². The summed E-state index contributed by atoms with van der Waals surface area (Å²) in [7, 11) is 0. The fourth-order valence-electron chi connectivity index (χ4n) is 2.85. The van der Waals surface area contributed by atoms with Crippen molar-refractivity contribution < 1.29 is 13.9 Å². The van der Waals surface area contributed by atoms with Crippen molar-refractivity contribution in [2.24, 2.45) is 5.73 Å². The quantitative estimate of drug-likeness (QED) is 0.779. The standard InChI is InChI=1S/C15H19FN4O2S2/c16-12-7-10(1-2-13(12)19-3-5-24-6-4-19)20-11(8-18-14(17)23)9-22-15(20)21/h1-2,7,11H,3-6,8-9H2,(H3,17,18,23)/t11-/m0/s1. The molecule has 1 amide bonds. The summed E-state index contributed by atoms with van der Waals surface area (Å²) >= 11 is 6.65. The first-order valence-corrected chi connectivity index (χ1v) is 9.24. The van der Waals surface area contributed by atoms with Crippen LogP contribution in [0.5, 0.6) is 0 Å². The number of carbonyl (C=O) groups is 1. The number of ether oxygens (including phenoxy) is 1. The summed E-state index contributed by atoms with van der Waals surface area (Å²) in [4.78, 5) is 15.5. The van der Waals surface area contributed by atoms with E-state index in [2.05, 4.69) is 5.32 Å². The predicted molar refractivity (Wildman–Crippen MR) is 98.3 cm³/mol. The van der Waals surface area contributed by atoms with Crippen LogP contribution < -0.4 is 20.9 Å². The van der Waals surface area contributed by atoms with E-state index in [0.29, 0.717) is 17.9 Å². The Labute approximate surface area is 149 Å². The van der Waals surface area contributed by atoms with Gasteiger partial charge in [0.05, 0.1) is 17.4 Å². The smallest absolute Gasteiger partial charge is 0.414 e. The van der Waals surface area contributed by atoms with Crippen molar-refractivity contribution >= 4 is 46.6 Å². The maximum absolute atomic E-state index is 14.6. The Morgan fingerprint density at radius 3 is 2.88 bits per heavy atom. The summed E-state index contributed by atoms with van der Waals surface area (Å²) in [5.41, 5.74) is 6.47. The Hall–Kier alpha value is -1.74. The molecule has 3 rings (SSSR count). The van der Waals surface area contributed by atoms with Crippen molar-refractivity contribution in [1.82, 2.24) is 5.32 Å². The number of hydrogen-bond donors (Lipinski definition) is 2. The minimum absolute atomic E-state index is 0.152. The first-order chi connectivity index (χ1) is 11.6. The number of thiocarbonyl (C=S) groups is 1. The minimum atomic E-state index is -0.494. The van der Waals surface area contributed by atoms with Gasteiger partial charge in [-0.3, -0.25) is 4.90 Å². The van der Waals surface area contributed by atoms with E-state index in [1.165, 1.54) is 11.0 Å². The number of anilines is 2. The van der Waals surface area contributed by atoms with Crippen LogP contribution in [0.25, 0.3) is 0 Å². The second-order valence-corrected chi connectivity index (χ2v) is 7.25. The highest BCUT2D eigenvalue weighted by molar-refractivity contribution is 7.99. The summed E-state index contributed by atoms with van der Waals surface area (Å²) in [6.07, 6.45) is -0.494. The van der Waals surface area contributed by atoms with Crippen molar-refractivity contribution in [3.63, 3.8) is 0 Å². The Balaban J connectivity index is 1.78. The van der Waals surface area contributed by atoms with Gasteiger partial charge in [0.15, 0.2) is 5.11 Å². The van der Waals surface area contributed by atoms with Crippen LogP contribution in [-0.2, 0) is 4.74 Å². The second kappa shape index (κ2) is 7.43. The van der Waals surface area contributed by atoms with Gasteiger partial charge >= 0.3 is 6.09 Å². The molecule has 2 aliphatic rings. The van der Waals surface area contributed by atoms with Gasteiger partial charge in [0.1, 0.15) is 12.4 Å². The Morgan fingerprint density at radius 2 is 2.21 bits per heavy atom. The number of nitrogens with zero attached hydrogens (tertiary/aromatic N) is 2. The molecule has 1 aromatic carbocycles. The van der Waals surface area contributed by atoms with E-state index in [0.717, 1.165) is 24.6 Å². The van der Waals surface area contributed by atoms with Gasteiger partial charge in [0.2, 0.25) is 0 Å². The molecular weight excluding hydrogens is 351 g/mol. The first kappa shape index (κ1) is 17.1. The van der Waals surface area contributed by atoms with Crippen molar-refractivity contribution in [2.75, 3.05) is 47.5 Å². The lowest BCUT2D eigenvalue weighted by Crippen LogP contribution is -2.44. The fourth-order valence-corrected chi connectivity index (χ4v) is 3.84.